The van der Waals surface area contributed by atoms with Gasteiger partial charge in [0, 0.05) is 37.6 Å². The molecule has 1 spiro atoms. The van der Waals surface area contributed by atoms with Crippen molar-refractivity contribution in [3.63, 3.8) is 0 Å². The van der Waals surface area contributed by atoms with E-state index in [0.29, 0.717) is 12.8 Å². The van der Waals surface area contributed by atoms with E-state index >= 15 is 0 Å². The number of hydrogen-bond donors (Lipinski definition) is 1. The highest BCUT2D eigenvalue weighted by Gasteiger charge is 2.62. The van der Waals surface area contributed by atoms with Crippen LogP contribution in [0, 0.1) is 5.92 Å². The summed E-state index contributed by atoms with van der Waals surface area (Å²) in [6.07, 6.45) is 4.33. The molecule has 3 atom stereocenters. The highest BCUT2D eigenvalue weighted by atomic mass is 35.5. The molecule has 4 amide bonds. The standard InChI is InChI=1S/C26H38N4O3.ClH/c1-17(2)23(31)27-22(19-9-7-6-8-10-19)13-14-29-20-11-12-21(29)16-26(15-20)24(32)28(5)25(33)30(26)18(3)4;/h6-10,17-18,20-22H,11-16H2,1-5H3,(H,27,31);1H/t20?,21?,22-,26?;/m0./s1. The van der Waals surface area contributed by atoms with Crippen molar-refractivity contribution in [1.82, 2.24) is 20.0 Å². The minimum absolute atomic E-state index is 0. The van der Waals surface area contributed by atoms with E-state index in [1.165, 1.54) is 4.90 Å². The summed E-state index contributed by atoms with van der Waals surface area (Å²) in [5, 5.41) is 3.23. The molecule has 1 aromatic carbocycles. The van der Waals surface area contributed by atoms with Crippen molar-refractivity contribution in [1.29, 1.82) is 0 Å². The second-order valence-electron chi connectivity index (χ2n) is 10.6. The molecule has 0 saturated carbocycles. The predicted octanol–water partition coefficient (Wildman–Crippen LogP) is 3.98. The van der Waals surface area contributed by atoms with Crippen molar-refractivity contribution in [3.05, 3.63) is 35.9 Å². The fourth-order valence-electron chi connectivity index (χ4n) is 6.24. The molecule has 8 heteroatoms. The molecule has 3 aliphatic heterocycles. The monoisotopic (exact) mass is 490 g/mol. The summed E-state index contributed by atoms with van der Waals surface area (Å²) in [6.45, 7) is 8.70. The molecule has 2 unspecified atom stereocenters. The number of benzene rings is 1. The van der Waals surface area contributed by atoms with Crippen LogP contribution in [0.25, 0.3) is 0 Å². The third-order valence-electron chi connectivity index (χ3n) is 7.81. The maximum Gasteiger partial charge on any atom is 0.327 e. The van der Waals surface area contributed by atoms with E-state index in [2.05, 4.69) is 22.3 Å². The zero-order valence-corrected chi connectivity index (χ0v) is 21.8. The lowest BCUT2D eigenvalue weighted by Gasteiger charge is -2.48. The number of nitrogens with zero attached hydrogens (tertiary/aromatic N) is 3. The van der Waals surface area contributed by atoms with Gasteiger partial charge in [0.05, 0.1) is 6.04 Å². The Kier molecular flexibility index (Phi) is 7.98. The largest absolute Gasteiger partial charge is 0.349 e. The summed E-state index contributed by atoms with van der Waals surface area (Å²) in [7, 11) is 1.62. The van der Waals surface area contributed by atoms with E-state index in [1.807, 2.05) is 50.8 Å². The van der Waals surface area contributed by atoms with E-state index in [9.17, 15) is 14.4 Å². The first-order valence-electron chi connectivity index (χ1n) is 12.4. The molecule has 3 heterocycles. The number of hydrogen-bond acceptors (Lipinski definition) is 4. The van der Waals surface area contributed by atoms with Gasteiger partial charge in [-0.1, -0.05) is 44.2 Å². The molecule has 0 radical (unpaired) electrons. The molecule has 1 aromatic rings. The summed E-state index contributed by atoms with van der Waals surface area (Å²) in [5.41, 5.74) is 0.420. The van der Waals surface area contributed by atoms with E-state index in [1.54, 1.807) is 7.05 Å². The Bertz CT molecular complexity index is 893. The molecule has 3 saturated heterocycles. The third-order valence-corrected chi connectivity index (χ3v) is 7.81. The number of carbonyl (C=O) groups excluding carboxylic acids is 3. The van der Waals surface area contributed by atoms with Gasteiger partial charge in [-0.15, -0.1) is 12.4 Å². The zero-order valence-electron chi connectivity index (χ0n) is 21.0. The average Bonchev–Trinajstić information content (AvgIpc) is 3.13. The lowest BCUT2D eigenvalue weighted by atomic mass is 9.80. The Hall–Kier alpha value is -2.12. The Morgan fingerprint density at radius 3 is 2.18 bits per heavy atom. The van der Waals surface area contributed by atoms with Gasteiger partial charge >= 0.3 is 6.03 Å². The van der Waals surface area contributed by atoms with Crippen LogP contribution in [0.4, 0.5) is 4.79 Å². The number of imide groups is 1. The molecule has 0 aromatic heterocycles. The lowest BCUT2D eigenvalue weighted by molar-refractivity contribution is -0.137. The van der Waals surface area contributed by atoms with Gasteiger partial charge in [-0.05, 0) is 51.5 Å². The lowest BCUT2D eigenvalue weighted by Crippen LogP contribution is -2.61. The first kappa shape index (κ1) is 26.5. The maximum absolute atomic E-state index is 13.3. The maximum atomic E-state index is 13.3. The zero-order chi connectivity index (χ0) is 23.9. The van der Waals surface area contributed by atoms with E-state index in [4.69, 9.17) is 0 Å². The van der Waals surface area contributed by atoms with Gasteiger partial charge in [0.2, 0.25) is 5.91 Å². The van der Waals surface area contributed by atoms with Gasteiger partial charge in [0.1, 0.15) is 5.54 Å². The van der Waals surface area contributed by atoms with Crippen molar-refractivity contribution in [3.8, 4) is 0 Å². The summed E-state index contributed by atoms with van der Waals surface area (Å²) < 4.78 is 0. The quantitative estimate of drug-likeness (QED) is 0.587. The van der Waals surface area contributed by atoms with Crippen LogP contribution in [0.5, 0.6) is 0 Å². The molecule has 2 bridgehead atoms. The molecular weight excluding hydrogens is 452 g/mol. The van der Waals surface area contributed by atoms with Crippen LogP contribution in [-0.2, 0) is 9.59 Å². The number of amides is 4. The van der Waals surface area contributed by atoms with Crippen LogP contribution in [0.1, 0.15) is 71.4 Å². The van der Waals surface area contributed by atoms with Crippen molar-refractivity contribution >= 4 is 30.3 Å². The van der Waals surface area contributed by atoms with Crippen LogP contribution >= 0.6 is 12.4 Å². The first-order valence-corrected chi connectivity index (χ1v) is 12.4. The SMILES string of the molecule is CC(C)C(=O)N[C@@H](CCN1C2CCC1CC1(C2)C(=O)N(C)C(=O)N1C(C)C)c1ccccc1.Cl. The average molecular weight is 491 g/mol. The Morgan fingerprint density at radius 2 is 1.65 bits per heavy atom. The molecule has 3 fully saturated rings. The number of carbonyl (C=O) groups is 3. The molecule has 188 valence electrons. The van der Waals surface area contributed by atoms with Crippen molar-refractivity contribution in [2.75, 3.05) is 13.6 Å². The van der Waals surface area contributed by atoms with Crippen LogP contribution in [0.15, 0.2) is 30.3 Å². The van der Waals surface area contributed by atoms with Gasteiger partial charge in [0.25, 0.3) is 5.91 Å². The van der Waals surface area contributed by atoms with Crippen LogP contribution < -0.4 is 5.32 Å². The van der Waals surface area contributed by atoms with Gasteiger partial charge in [-0.2, -0.15) is 0 Å². The number of piperidine rings is 1. The fourth-order valence-corrected chi connectivity index (χ4v) is 6.24. The highest BCUT2D eigenvalue weighted by Crippen LogP contribution is 2.48. The predicted molar refractivity (Wildman–Crippen MR) is 135 cm³/mol. The fraction of sp³-hybridized carbons (Fsp3) is 0.654. The summed E-state index contributed by atoms with van der Waals surface area (Å²) in [5.74, 6) is -0.0358. The van der Waals surface area contributed by atoms with Crippen LogP contribution in [0.2, 0.25) is 0 Å². The summed E-state index contributed by atoms with van der Waals surface area (Å²) in [4.78, 5) is 44.3. The minimum Gasteiger partial charge on any atom is -0.349 e. The van der Waals surface area contributed by atoms with Crippen molar-refractivity contribution in [2.24, 2.45) is 5.92 Å². The van der Waals surface area contributed by atoms with Crippen molar-refractivity contribution in [2.45, 2.75) is 89.5 Å². The van der Waals surface area contributed by atoms with Crippen LogP contribution in [-0.4, -0.2) is 69.8 Å². The molecule has 3 aliphatic rings. The van der Waals surface area contributed by atoms with E-state index < -0.39 is 5.54 Å². The molecule has 7 nitrogen and oxygen atoms in total. The second-order valence-corrected chi connectivity index (χ2v) is 10.6. The minimum atomic E-state index is -0.701. The highest BCUT2D eigenvalue weighted by molar-refractivity contribution is 6.07. The number of rotatable bonds is 7. The van der Waals surface area contributed by atoms with Gasteiger partial charge in [-0.3, -0.25) is 19.4 Å². The topological polar surface area (TPSA) is 73.0 Å². The number of urea groups is 1. The van der Waals surface area contributed by atoms with Gasteiger partial charge in [-0.25, -0.2) is 4.79 Å². The number of halogens is 1. The molecule has 34 heavy (non-hydrogen) atoms. The summed E-state index contributed by atoms with van der Waals surface area (Å²) >= 11 is 0. The van der Waals surface area contributed by atoms with E-state index in [-0.39, 0.29) is 60.3 Å². The normalized spacial score (nSPS) is 27.6. The number of nitrogens with one attached hydrogen (secondary N) is 1. The van der Waals surface area contributed by atoms with Crippen LogP contribution in [0.3, 0.4) is 0 Å². The Morgan fingerprint density at radius 1 is 1.06 bits per heavy atom. The molecule has 1 N–H and O–H groups in total. The molecule has 4 rings (SSSR count). The second kappa shape index (κ2) is 10.2. The molecular formula is C26H39ClN4O3. The Labute approximate surface area is 209 Å². The third kappa shape index (κ3) is 4.57. The summed E-state index contributed by atoms with van der Waals surface area (Å²) in [6, 6.07) is 10.5. The van der Waals surface area contributed by atoms with Crippen molar-refractivity contribution < 1.29 is 14.4 Å². The number of likely N-dealkylation sites (N-methyl/N-ethyl adjacent to an activating group) is 1. The Balaban J connectivity index is 0.00000324. The smallest absolute Gasteiger partial charge is 0.327 e. The first-order chi connectivity index (χ1) is 15.7. The number of fused-ring (bicyclic) bond motifs is 2. The molecule has 0 aliphatic carbocycles. The van der Waals surface area contributed by atoms with Gasteiger partial charge in [0.15, 0.2) is 0 Å². The van der Waals surface area contributed by atoms with Gasteiger partial charge < -0.3 is 10.2 Å². The van der Waals surface area contributed by atoms with E-state index in [0.717, 1.165) is 31.4 Å².